The monoisotopic (exact) mass is 287 g/mol. The Morgan fingerprint density at radius 3 is 2.05 bits per heavy atom. The van der Waals surface area contributed by atoms with Crippen molar-refractivity contribution in [1.29, 1.82) is 0 Å². The van der Waals surface area contributed by atoms with Gasteiger partial charge in [0.25, 0.3) is 0 Å². The van der Waals surface area contributed by atoms with Crippen LogP contribution in [0.2, 0.25) is 18.1 Å². The van der Waals surface area contributed by atoms with Crippen molar-refractivity contribution >= 4 is 8.32 Å². The van der Waals surface area contributed by atoms with Crippen LogP contribution in [0.4, 0.5) is 0 Å². The van der Waals surface area contributed by atoms with Crippen LogP contribution >= 0.6 is 0 Å². The molecule has 1 fully saturated rings. The summed E-state index contributed by atoms with van der Waals surface area (Å²) >= 11 is 0. The zero-order valence-electron chi connectivity index (χ0n) is 14.1. The molecule has 1 saturated heterocycles. The number of hydrogen-bond donors (Lipinski definition) is 1. The molecule has 0 bridgehead atoms. The fourth-order valence-electron chi connectivity index (χ4n) is 2.57. The van der Waals surface area contributed by atoms with Crippen molar-refractivity contribution < 1.29 is 9.53 Å². The number of likely N-dealkylation sites (tertiary alicyclic amines) is 1. The van der Waals surface area contributed by atoms with E-state index in [0.717, 1.165) is 13.0 Å². The zero-order valence-corrected chi connectivity index (χ0v) is 15.1. The molecule has 0 aliphatic carbocycles. The van der Waals surface area contributed by atoms with E-state index in [0.29, 0.717) is 0 Å². The maximum Gasteiger partial charge on any atom is 0.192 e. The highest BCUT2D eigenvalue weighted by Crippen LogP contribution is 2.40. The predicted molar refractivity (Wildman–Crippen MR) is 84.0 cm³/mol. The molecule has 0 spiro atoms. The second-order valence-electron chi connectivity index (χ2n) is 8.32. The van der Waals surface area contributed by atoms with Crippen LogP contribution in [0.15, 0.2) is 0 Å². The first kappa shape index (κ1) is 17.1. The molecule has 1 rings (SSSR count). The maximum atomic E-state index is 9.76. The van der Waals surface area contributed by atoms with E-state index < -0.39 is 8.32 Å². The van der Waals surface area contributed by atoms with Gasteiger partial charge in [0, 0.05) is 12.1 Å². The van der Waals surface area contributed by atoms with Gasteiger partial charge in [0.2, 0.25) is 0 Å². The van der Waals surface area contributed by atoms with Gasteiger partial charge < -0.3 is 9.53 Å². The number of aliphatic hydroxyl groups excluding tert-OH is 1. The van der Waals surface area contributed by atoms with Crippen molar-refractivity contribution in [2.45, 2.75) is 83.8 Å². The molecular weight excluding hydrogens is 254 g/mol. The molecule has 0 amide bonds. The van der Waals surface area contributed by atoms with Gasteiger partial charge in [-0.05, 0) is 45.3 Å². The highest BCUT2D eigenvalue weighted by molar-refractivity contribution is 6.74. The normalized spacial score (nSPS) is 27.0. The Hall–Kier alpha value is 0.0969. The molecule has 2 atom stereocenters. The fourth-order valence-corrected chi connectivity index (χ4v) is 3.95. The van der Waals surface area contributed by atoms with Gasteiger partial charge in [0.15, 0.2) is 8.32 Å². The van der Waals surface area contributed by atoms with E-state index >= 15 is 0 Å². The Kier molecular flexibility index (Phi) is 4.94. The molecule has 1 aliphatic heterocycles. The van der Waals surface area contributed by atoms with Crippen molar-refractivity contribution in [3.63, 3.8) is 0 Å². The molecule has 3 nitrogen and oxygen atoms in total. The first-order valence-electron chi connectivity index (χ1n) is 7.45. The third-order valence-electron chi connectivity index (χ3n) is 4.78. The predicted octanol–water partition coefficient (Wildman–Crippen LogP) is 3.24. The van der Waals surface area contributed by atoms with Gasteiger partial charge in [-0.25, -0.2) is 0 Å². The van der Waals surface area contributed by atoms with Crippen LogP contribution < -0.4 is 0 Å². The highest BCUT2D eigenvalue weighted by atomic mass is 28.4. The van der Waals surface area contributed by atoms with E-state index in [9.17, 15) is 5.11 Å². The van der Waals surface area contributed by atoms with Gasteiger partial charge in [-0.2, -0.15) is 0 Å². The van der Waals surface area contributed by atoms with Crippen LogP contribution in [-0.2, 0) is 4.43 Å². The lowest BCUT2D eigenvalue weighted by Crippen LogP contribution is -2.52. The van der Waals surface area contributed by atoms with Crippen LogP contribution in [0.3, 0.4) is 0 Å². The topological polar surface area (TPSA) is 32.7 Å². The largest absolute Gasteiger partial charge is 0.412 e. The number of aliphatic hydroxyl groups is 1. The van der Waals surface area contributed by atoms with E-state index in [2.05, 4.69) is 59.5 Å². The molecule has 1 aliphatic rings. The summed E-state index contributed by atoms with van der Waals surface area (Å²) in [5.74, 6) is 0. The Balaban J connectivity index is 2.81. The fraction of sp³-hybridized carbons (Fsp3) is 1.00. The molecule has 2 unspecified atom stereocenters. The van der Waals surface area contributed by atoms with Crippen LogP contribution in [0.1, 0.15) is 48.0 Å². The lowest BCUT2D eigenvalue weighted by Gasteiger charge is -2.42. The molecule has 1 N–H and O–H groups in total. The minimum atomic E-state index is -1.75. The zero-order chi connectivity index (χ0) is 15.1. The summed E-state index contributed by atoms with van der Waals surface area (Å²) in [6.07, 6.45) is 1.22. The molecular formula is C15H33NO2Si. The molecule has 0 radical (unpaired) electrons. The summed E-state index contributed by atoms with van der Waals surface area (Å²) in [6.45, 7) is 19.2. The van der Waals surface area contributed by atoms with Crippen molar-refractivity contribution in [1.82, 2.24) is 4.90 Å². The van der Waals surface area contributed by atoms with Gasteiger partial charge >= 0.3 is 0 Å². The van der Waals surface area contributed by atoms with Gasteiger partial charge in [-0.15, -0.1) is 0 Å². The molecule has 0 aromatic carbocycles. The van der Waals surface area contributed by atoms with Gasteiger partial charge in [0.1, 0.15) is 0 Å². The van der Waals surface area contributed by atoms with Crippen molar-refractivity contribution in [2.75, 3.05) is 13.2 Å². The minimum absolute atomic E-state index is 0.0962. The molecule has 0 saturated carbocycles. The Bertz CT molecular complexity index is 304. The van der Waals surface area contributed by atoms with Gasteiger partial charge in [-0.1, -0.05) is 20.8 Å². The van der Waals surface area contributed by atoms with Crippen molar-refractivity contribution in [3.8, 4) is 0 Å². The third kappa shape index (κ3) is 3.81. The van der Waals surface area contributed by atoms with E-state index in [1.54, 1.807) is 0 Å². The standard InChI is InChI=1S/C15H33NO2Si/c1-14(2,3)16-10-9-13(12(16)11-17)18-19(7,8)15(4,5)6/h12-13,17H,9-11H2,1-8H3. The minimum Gasteiger partial charge on any atom is -0.412 e. The highest BCUT2D eigenvalue weighted by Gasteiger charge is 2.45. The first-order valence-corrected chi connectivity index (χ1v) is 10.4. The average molecular weight is 288 g/mol. The van der Waals surface area contributed by atoms with E-state index in [1.807, 2.05) is 0 Å². The van der Waals surface area contributed by atoms with Crippen molar-refractivity contribution in [3.05, 3.63) is 0 Å². The number of hydrogen-bond acceptors (Lipinski definition) is 3. The van der Waals surface area contributed by atoms with Crippen LogP contribution in [0.5, 0.6) is 0 Å². The summed E-state index contributed by atoms with van der Waals surface area (Å²) in [4.78, 5) is 2.39. The van der Waals surface area contributed by atoms with Crippen molar-refractivity contribution in [2.24, 2.45) is 0 Å². The molecule has 1 heterocycles. The third-order valence-corrected chi connectivity index (χ3v) is 9.29. The first-order chi connectivity index (χ1) is 8.40. The van der Waals surface area contributed by atoms with Crippen LogP contribution in [-0.4, -0.2) is 49.2 Å². The summed E-state index contributed by atoms with van der Waals surface area (Å²) < 4.78 is 6.53. The number of rotatable bonds is 3. The molecule has 4 heteroatoms. The van der Waals surface area contributed by atoms with E-state index in [-0.39, 0.29) is 29.3 Å². The van der Waals surface area contributed by atoms with Crippen LogP contribution in [0.25, 0.3) is 0 Å². The molecule has 0 aromatic heterocycles. The second-order valence-corrected chi connectivity index (χ2v) is 13.1. The lowest BCUT2D eigenvalue weighted by atomic mass is 10.0. The van der Waals surface area contributed by atoms with Crippen LogP contribution in [0, 0.1) is 0 Å². The quantitative estimate of drug-likeness (QED) is 0.809. The maximum absolute atomic E-state index is 9.76. The molecule has 19 heavy (non-hydrogen) atoms. The summed E-state index contributed by atoms with van der Waals surface area (Å²) in [7, 11) is -1.75. The Morgan fingerprint density at radius 2 is 1.68 bits per heavy atom. The SMILES string of the molecule is CC(C)(C)N1CCC(O[Si](C)(C)C(C)(C)C)C1CO. The summed E-state index contributed by atoms with van der Waals surface area (Å²) in [5.41, 5.74) is 0.0962. The molecule has 114 valence electrons. The smallest absolute Gasteiger partial charge is 0.192 e. The van der Waals surface area contributed by atoms with Gasteiger partial charge in [-0.3, -0.25) is 4.90 Å². The summed E-state index contributed by atoms with van der Waals surface area (Å²) in [6, 6.07) is 0.147. The Labute approximate surface area is 120 Å². The van der Waals surface area contributed by atoms with Gasteiger partial charge in [0.05, 0.1) is 18.8 Å². The average Bonchev–Trinajstić information content (AvgIpc) is 2.57. The van der Waals surface area contributed by atoms with E-state index in [1.165, 1.54) is 0 Å². The van der Waals surface area contributed by atoms with E-state index in [4.69, 9.17) is 4.43 Å². The lowest BCUT2D eigenvalue weighted by molar-refractivity contribution is 0.0332. The Morgan fingerprint density at radius 1 is 1.16 bits per heavy atom. The summed E-state index contributed by atoms with van der Waals surface area (Å²) in [5, 5.41) is 9.99. The number of nitrogens with zero attached hydrogens (tertiary/aromatic N) is 1. The molecule has 0 aromatic rings. The second kappa shape index (κ2) is 5.47.